The van der Waals surface area contributed by atoms with Crippen molar-refractivity contribution in [3.63, 3.8) is 0 Å². The average Bonchev–Trinajstić information content (AvgIpc) is 3.05. The molecule has 1 aromatic carbocycles. The number of fused-ring (bicyclic) bond motifs is 1. The van der Waals surface area contributed by atoms with Gasteiger partial charge in [-0.1, -0.05) is 36.8 Å². The molecule has 8 heteroatoms. The molecular formula is C14H15N5O2S. The van der Waals surface area contributed by atoms with Crippen molar-refractivity contribution in [1.82, 2.24) is 19.8 Å². The third kappa shape index (κ3) is 2.45. The fourth-order valence-corrected chi connectivity index (χ4v) is 3.25. The van der Waals surface area contributed by atoms with Gasteiger partial charge in [0.2, 0.25) is 4.96 Å². The maximum absolute atomic E-state index is 11.1. The fraction of sp³-hybridized carbons (Fsp3) is 0.357. The van der Waals surface area contributed by atoms with E-state index in [2.05, 4.69) is 22.2 Å². The van der Waals surface area contributed by atoms with Gasteiger partial charge in [-0.15, -0.1) is 10.2 Å². The van der Waals surface area contributed by atoms with Crippen LogP contribution in [0, 0.1) is 17.0 Å². The molecule has 0 aliphatic carbocycles. The summed E-state index contributed by atoms with van der Waals surface area (Å²) in [6.45, 7) is 3.87. The van der Waals surface area contributed by atoms with Gasteiger partial charge in [0.25, 0.3) is 5.69 Å². The highest BCUT2D eigenvalue weighted by molar-refractivity contribution is 7.19. The average molecular weight is 317 g/mol. The molecule has 22 heavy (non-hydrogen) atoms. The van der Waals surface area contributed by atoms with E-state index < -0.39 is 0 Å². The number of unbranched alkanes of at least 4 members (excludes halogenated alkanes) is 1. The molecule has 0 atom stereocenters. The van der Waals surface area contributed by atoms with Gasteiger partial charge in [0.05, 0.1) is 4.92 Å². The Morgan fingerprint density at radius 1 is 1.36 bits per heavy atom. The number of nitro benzene ring substituents is 1. The quantitative estimate of drug-likeness (QED) is 0.531. The molecule has 0 N–H and O–H groups in total. The second-order valence-corrected chi connectivity index (χ2v) is 5.98. The molecule has 0 spiro atoms. The minimum Gasteiger partial charge on any atom is -0.258 e. The first-order valence-electron chi connectivity index (χ1n) is 7.07. The highest BCUT2D eigenvalue weighted by Crippen LogP contribution is 2.32. The van der Waals surface area contributed by atoms with E-state index in [0.29, 0.717) is 10.5 Å². The Morgan fingerprint density at radius 2 is 2.18 bits per heavy atom. The lowest BCUT2D eigenvalue weighted by Crippen LogP contribution is -1.97. The van der Waals surface area contributed by atoms with Gasteiger partial charge in [-0.25, -0.2) is 0 Å². The molecule has 0 aliphatic heterocycles. The molecule has 0 amide bonds. The van der Waals surface area contributed by atoms with Crippen molar-refractivity contribution in [3.8, 4) is 10.6 Å². The van der Waals surface area contributed by atoms with Crippen molar-refractivity contribution < 1.29 is 4.92 Å². The molecular weight excluding hydrogens is 302 g/mol. The number of benzene rings is 1. The Bertz CT molecular complexity index is 839. The third-order valence-corrected chi connectivity index (χ3v) is 4.47. The minimum atomic E-state index is -0.369. The van der Waals surface area contributed by atoms with E-state index >= 15 is 0 Å². The predicted octanol–water partition coefficient (Wildman–Crippen LogP) is 3.41. The normalized spacial score (nSPS) is 11.2. The summed E-state index contributed by atoms with van der Waals surface area (Å²) in [4.78, 5) is 11.4. The van der Waals surface area contributed by atoms with E-state index in [1.165, 1.54) is 17.4 Å². The van der Waals surface area contributed by atoms with Gasteiger partial charge in [0, 0.05) is 23.6 Å². The summed E-state index contributed by atoms with van der Waals surface area (Å²) < 4.78 is 1.74. The van der Waals surface area contributed by atoms with Crippen LogP contribution in [0.1, 0.15) is 31.2 Å². The van der Waals surface area contributed by atoms with Gasteiger partial charge < -0.3 is 0 Å². The maximum Gasteiger partial charge on any atom is 0.273 e. The Kier molecular flexibility index (Phi) is 3.84. The molecule has 0 aliphatic rings. The molecule has 3 aromatic rings. The van der Waals surface area contributed by atoms with Crippen LogP contribution in [0.2, 0.25) is 0 Å². The Labute approximate surface area is 130 Å². The van der Waals surface area contributed by atoms with Crippen molar-refractivity contribution in [3.05, 3.63) is 39.7 Å². The van der Waals surface area contributed by atoms with E-state index in [1.807, 2.05) is 6.07 Å². The Balaban J connectivity index is 2.06. The number of aromatic nitrogens is 4. The zero-order chi connectivity index (χ0) is 15.7. The fourth-order valence-electron chi connectivity index (χ4n) is 2.31. The maximum atomic E-state index is 11.1. The number of hydrogen-bond acceptors (Lipinski definition) is 6. The van der Waals surface area contributed by atoms with Gasteiger partial charge in [-0.2, -0.15) is 9.61 Å². The van der Waals surface area contributed by atoms with Crippen LogP contribution in [-0.2, 0) is 6.42 Å². The molecule has 0 saturated heterocycles. The molecule has 0 fully saturated rings. The van der Waals surface area contributed by atoms with Crippen LogP contribution in [-0.4, -0.2) is 24.7 Å². The number of rotatable bonds is 5. The minimum absolute atomic E-state index is 0.106. The highest BCUT2D eigenvalue weighted by Gasteiger charge is 2.18. The lowest BCUT2D eigenvalue weighted by molar-refractivity contribution is -0.385. The molecule has 114 valence electrons. The molecule has 0 bridgehead atoms. The first-order valence-corrected chi connectivity index (χ1v) is 7.89. The van der Waals surface area contributed by atoms with E-state index in [0.717, 1.165) is 35.7 Å². The van der Waals surface area contributed by atoms with E-state index in [4.69, 9.17) is 0 Å². The zero-order valence-electron chi connectivity index (χ0n) is 12.3. The number of nitrogens with zero attached hydrogens (tertiary/aromatic N) is 5. The molecule has 2 aromatic heterocycles. The van der Waals surface area contributed by atoms with E-state index in [-0.39, 0.29) is 10.6 Å². The van der Waals surface area contributed by atoms with Gasteiger partial charge in [0.15, 0.2) is 5.82 Å². The Hall–Kier alpha value is -2.35. The van der Waals surface area contributed by atoms with Crippen LogP contribution in [0.4, 0.5) is 5.69 Å². The lowest BCUT2D eigenvalue weighted by atomic mass is 10.1. The highest BCUT2D eigenvalue weighted by atomic mass is 32.1. The van der Waals surface area contributed by atoms with Gasteiger partial charge in [-0.05, 0) is 13.3 Å². The van der Waals surface area contributed by atoms with Crippen molar-refractivity contribution in [2.75, 3.05) is 0 Å². The van der Waals surface area contributed by atoms with Gasteiger partial charge in [0.1, 0.15) is 5.01 Å². The molecule has 0 radical (unpaired) electrons. The first-order chi connectivity index (χ1) is 10.6. The summed E-state index contributed by atoms with van der Waals surface area (Å²) in [5.41, 5.74) is 1.49. The van der Waals surface area contributed by atoms with Crippen LogP contribution in [0.15, 0.2) is 18.2 Å². The first kappa shape index (κ1) is 14.6. The van der Waals surface area contributed by atoms with Crippen LogP contribution < -0.4 is 0 Å². The summed E-state index contributed by atoms with van der Waals surface area (Å²) in [6, 6.07) is 5.03. The summed E-state index contributed by atoms with van der Waals surface area (Å²) in [6.07, 6.45) is 2.94. The van der Waals surface area contributed by atoms with Crippen LogP contribution >= 0.6 is 11.3 Å². The standard InChI is InChI=1S/C14H15N5O2S/c1-3-4-8-12-15-16-14-18(12)17-13(22-14)10-6-5-7-11(9(10)2)19(20)21/h5-7H,3-4,8H2,1-2H3. The number of nitro groups is 1. The lowest BCUT2D eigenvalue weighted by Gasteiger charge is -2.02. The topological polar surface area (TPSA) is 86.2 Å². The number of aryl methyl sites for hydroxylation is 1. The van der Waals surface area contributed by atoms with Crippen molar-refractivity contribution in [2.24, 2.45) is 0 Å². The van der Waals surface area contributed by atoms with Crippen LogP contribution in [0.25, 0.3) is 15.5 Å². The van der Waals surface area contributed by atoms with E-state index in [9.17, 15) is 10.1 Å². The molecule has 0 unspecified atom stereocenters. The Morgan fingerprint density at radius 3 is 2.91 bits per heavy atom. The smallest absolute Gasteiger partial charge is 0.258 e. The summed E-state index contributed by atoms with van der Waals surface area (Å²) in [7, 11) is 0. The summed E-state index contributed by atoms with van der Waals surface area (Å²) in [5.74, 6) is 0.836. The monoisotopic (exact) mass is 317 g/mol. The zero-order valence-corrected chi connectivity index (χ0v) is 13.1. The van der Waals surface area contributed by atoms with Crippen molar-refractivity contribution >= 4 is 22.0 Å². The molecule has 3 rings (SSSR count). The number of hydrogen-bond donors (Lipinski definition) is 0. The van der Waals surface area contributed by atoms with Crippen LogP contribution in [0.3, 0.4) is 0 Å². The largest absolute Gasteiger partial charge is 0.273 e. The van der Waals surface area contributed by atoms with Crippen LogP contribution in [0.5, 0.6) is 0 Å². The summed E-state index contributed by atoms with van der Waals surface area (Å²) >= 11 is 1.39. The molecule has 0 saturated carbocycles. The van der Waals surface area contributed by atoms with Crippen molar-refractivity contribution in [2.45, 2.75) is 33.1 Å². The van der Waals surface area contributed by atoms with Gasteiger partial charge >= 0.3 is 0 Å². The second-order valence-electron chi connectivity index (χ2n) is 5.03. The predicted molar refractivity (Wildman–Crippen MR) is 84.1 cm³/mol. The summed E-state index contributed by atoms with van der Waals surface area (Å²) in [5, 5.41) is 24.6. The van der Waals surface area contributed by atoms with E-state index in [1.54, 1.807) is 17.5 Å². The SMILES string of the molecule is CCCCc1nnc2sc(-c3cccc([N+](=O)[O-])c3C)nn12. The van der Waals surface area contributed by atoms with Crippen molar-refractivity contribution in [1.29, 1.82) is 0 Å². The molecule has 2 heterocycles. The third-order valence-electron chi connectivity index (χ3n) is 3.54. The molecule has 7 nitrogen and oxygen atoms in total. The second kappa shape index (κ2) is 5.80. The van der Waals surface area contributed by atoms with Gasteiger partial charge in [-0.3, -0.25) is 10.1 Å².